The molecule has 0 bridgehead atoms. The lowest BCUT2D eigenvalue weighted by molar-refractivity contribution is -0.163. The predicted molar refractivity (Wildman–Crippen MR) is 64.5 cm³/mol. The summed E-state index contributed by atoms with van der Waals surface area (Å²) in [6, 6.07) is 6.37. The van der Waals surface area contributed by atoms with Crippen LogP contribution in [-0.2, 0) is 14.9 Å². The van der Waals surface area contributed by atoms with Crippen LogP contribution in [0.25, 0.3) is 0 Å². The van der Waals surface area contributed by atoms with Crippen molar-refractivity contribution in [1.29, 1.82) is 0 Å². The number of rotatable bonds is 4. The summed E-state index contributed by atoms with van der Waals surface area (Å²) in [5.74, 6) is -4.34. The quantitative estimate of drug-likeness (QED) is 0.839. The Kier molecular flexibility index (Phi) is 4.06. The summed E-state index contributed by atoms with van der Waals surface area (Å²) in [6.45, 7) is 1.92. The Hall–Kier alpha value is -1.49. The smallest absolute Gasteiger partial charge is 0.323 e. The summed E-state index contributed by atoms with van der Waals surface area (Å²) in [5.41, 5.74) is 4.27. The lowest BCUT2D eigenvalue weighted by atomic mass is 9.75. The van der Waals surface area contributed by atoms with Gasteiger partial charge in [0.1, 0.15) is 0 Å². The summed E-state index contributed by atoms with van der Waals surface area (Å²) in [5, 5.41) is 0. The van der Waals surface area contributed by atoms with Crippen molar-refractivity contribution in [2.75, 3.05) is 13.7 Å². The first-order valence-electron chi connectivity index (χ1n) is 5.53. The van der Waals surface area contributed by atoms with Gasteiger partial charge in [-0.1, -0.05) is 29.8 Å². The monoisotopic (exact) mass is 257 g/mol. The van der Waals surface area contributed by atoms with Gasteiger partial charge in [0.05, 0.1) is 7.11 Å². The highest BCUT2D eigenvalue weighted by Gasteiger charge is 2.57. The Bertz CT molecular complexity index is 443. The zero-order chi connectivity index (χ0) is 14.0. The van der Waals surface area contributed by atoms with Crippen LogP contribution in [0, 0.1) is 6.92 Å². The molecular formula is C13H17F2NO2. The molecule has 3 nitrogen and oxygen atoms in total. The first kappa shape index (κ1) is 14.6. The highest BCUT2D eigenvalue weighted by atomic mass is 19.3. The number of carbonyl (C=O) groups excluding carboxylic acids is 1. The number of carbonyl (C=O) groups is 1. The minimum absolute atomic E-state index is 0.171. The minimum Gasteiger partial charge on any atom is -0.468 e. The zero-order valence-electron chi connectivity index (χ0n) is 10.7. The SMILES string of the molecule is COC(=O)C(CN)(c1cccc(C)c1)C(C)(F)F. The molecule has 1 atom stereocenters. The van der Waals surface area contributed by atoms with Gasteiger partial charge >= 0.3 is 5.97 Å². The van der Waals surface area contributed by atoms with Crippen molar-refractivity contribution in [3.05, 3.63) is 35.4 Å². The molecule has 1 aromatic carbocycles. The highest BCUT2D eigenvalue weighted by molar-refractivity contribution is 5.85. The third-order valence-corrected chi connectivity index (χ3v) is 3.10. The van der Waals surface area contributed by atoms with Crippen LogP contribution < -0.4 is 5.73 Å². The average Bonchev–Trinajstić information content (AvgIpc) is 2.28. The Morgan fingerprint density at radius 3 is 2.44 bits per heavy atom. The molecule has 0 aliphatic carbocycles. The van der Waals surface area contributed by atoms with Crippen LogP contribution in [0.2, 0.25) is 0 Å². The molecule has 1 unspecified atom stereocenters. The molecule has 0 heterocycles. The first-order chi connectivity index (χ1) is 8.29. The molecular weight excluding hydrogens is 240 g/mol. The normalized spacial score (nSPS) is 15.0. The summed E-state index contributed by atoms with van der Waals surface area (Å²) in [7, 11) is 1.08. The van der Waals surface area contributed by atoms with E-state index in [2.05, 4.69) is 4.74 Å². The molecule has 0 radical (unpaired) electrons. The van der Waals surface area contributed by atoms with Crippen LogP contribution in [-0.4, -0.2) is 25.5 Å². The second kappa shape index (κ2) is 5.02. The molecule has 2 N–H and O–H groups in total. The number of halogens is 2. The van der Waals surface area contributed by atoms with Gasteiger partial charge in [-0.05, 0) is 12.5 Å². The van der Waals surface area contributed by atoms with Gasteiger partial charge in [-0.2, -0.15) is 0 Å². The van der Waals surface area contributed by atoms with Crippen molar-refractivity contribution in [1.82, 2.24) is 0 Å². The van der Waals surface area contributed by atoms with E-state index in [9.17, 15) is 13.6 Å². The molecule has 0 aromatic heterocycles. The van der Waals surface area contributed by atoms with Crippen LogP contribution in [0.15, 0.2) is 24.3 Å². The number of aryl methyl sites for hydroxylation is 1. The van der Waals surface area contributed by atoms with E-state index in [1.165, 1.54) is 12.1 Å². The van der Waals surface area contributed by atoms with Gasteiger partial charge in [0.2, 0.25) is 0 Å². The lowest BCUT2D eigenvalue weighted by Crippen LogP contribution is -2.55. The lowest BCUT2D eigenvalue weighted by Gasteiger charge is -2.35. The molecule has 0 amide bonds. The second-order valence-corrected chi connectivity index (χ2v) is 4.36. The van der Waals surface area contributed by atoms with Crippen molar-refractivity contribution in [3.63, 3.8) is 0 Å². The van der Waals surface area contributed by atoms with Crippen LogP contribution in [0.1, 0.15) is 18.1 Å². The molecule has 0 saturated carbocycles. The van der Waals surface area contributed by atoms with E-state index in [0.29, 0.717) is 6.92 Å². The maximum atomic E-state index is 13.9. The standard InChI is InChI=1S/C13H17F2NO2/c1-9-5-4-6-10(7-9)13(8-16,11(17)18-3)12(2,14)15/h4-7H,8,16H2,1-3H3. The minimum atomic E-state index is -3.32. The molecule has 5 heteroatoms. The summed E-state index contributed by atoms with van der Waals surface area (Å²) in [6.07, 6.45) is 0. The van der Waals surface area contributed by atoms with Gasteiger partial charge in [0, 0.05) is 13.5 Å². The fourth-order valence-corrected chi connectivity index (χ4v) is 2.02. The number of hydrogen-bond acceptors (Lipinski definition) is 3. The van der Waals surface area contributed by atoms with Crippen LogP contribution in [0.4, 0.5) is 8.78 Å². The molecule has 1 aromatic rings. The van der Waals surface area contributed by atoms with E-state index in [-0.39, 0.29) is 5.56 Å². The molecule has 0 aliphatic heterocycles. The molecule has 18 heavy (non-hydrogen) atoms. The molecule has 0 aliphatic rings. The van der Waals surface area contributed by atoms with E-state index in [1.807, 2.05) is 0 Å². The zero-order valence-corrected chi connectivity index (χ0v) is 10.7. The van der Waals surface area contributed by atoms with E-state index >= 15 is 0 Å². The molecule has 100 valence electrons. The summed E-state index contributed by atoms with van der Waals surface area (Å²) >= 11 is 0. The third kappa shape index (κ3) is 2.22. The van der Waals surface area contributed by atoms with Crippen molar-refractivity contribution >= 4 is 5.97 Å². The van der Waals surface area contributed by atoms with Crippen molar-refractivity contribution in [2.24, 2.45) is 5.73 Å². The number of esters is 1. The van der Waals surface area contributed by atoms with Gasteiger partial charge < -0.3 is 10.5 Å². The largest absolute Gasteiger partial charge is 0.468 e. The van der Waals surface area contributed by atoms with E-state index in [0.717, 1.165) is 12.7 Å². The number of benzene rings is 1. The van der Waals surface area contributed by atoms with Gasteiger partial charge in [0.25, 0.3) is 5.92 Å². The van der Waals surface area contributed by atoms with Crippen LogP contribution in [0.5, 0.6) is 0 Å². The van der Waals surface area contributed by atoms with Gasteiger partial charge in [-0.3, -0.25) is 4.79 Å². The molecule has 0 saturated heterocycles. The predicted octanol–water partition coefficient (Wildman–Crippen LogP) is 2.02. The first-order valence-corrected chi connectivity index (χ1v) is 5.53. The number of nitrogens with two attached hydrogens (primary N) is 1. The van der Waals surface area contributed by atoms with E-state index in [1.54, 1.807) is 19.1 Å². The Morgan fingerprint density at radius 1 is 1.44 bits per heavy atom. The topological polar surface area (TPSA) is 52.3 Å². The molecule has 0 fully saturated rings. The third-order valence-electron chi connectivity index (χ3n) is 3.10. The van der Waals surface area contributed by atoms with Gasteiger partial charge in [-0.25, -0.2) is 8.78 Å². The number of methoxy groups -OCH3 is 1. The van der Waals surface area contributed by atoms with Crippen molar-refractivity contribution < 1.29 is 18.3 Å². The Labute approximate surface area is 105 Å². The number of hydrogen-bond donors (Lipinski definition) is 1. The van der Waals surface area contributed by atoms with Gasteiger partial charge in [-0.15, -0.1) is 0 Å². The molecule has 1 rings (SSSR count). The maximum absolute atomic E-state index is 13.9. The fraction of sp³-hybridized carbons (Fsp3) is 0.462. The summed E-state index contributed by atoms with van der Waals surface area (Å²) in [4.78, 5) is 11.8. The van der Waals surface area contributed by atoms with Crippen LogP contribution in [0.3, 0.4) is 0 Å². The fourth-order valence-electron chi connectivity index (χ4n) is 2.02. The highest BCUT2D eigenvalue weighted by Crippen LogP contribution is 2.40. The number of ether oxygens (including phenoxy) is 1. The van der Waals surface area contributed by atoms with Crippen molar-refractivity contribution in [3.8, 4) is 0 Å². The van der Waals surface area contributed by atoms with E-state index in [4.69, 9.17) is 5.73 Å². The Balaban J connectivity index is 3.50. The van der Waals surface area contributed by atoms with Crippen LogP contribution >= 0.6 is 0 Å². The van der Waals surface area contributed by atoms with E-state index < -0.39 is 23.9 Å². The number of alkyl halides is 2. The maximum Gasteiger partial charge on any atom is 0.323 e. The molecule has 0 spiro atoms. The summed E-state index contributed by atoms with van der Waals surface area (Å²) < 4.78 is 32.4. The Morgan fingerprint density at radius 2 is 2.06 bits per heavy atom. The second-order valence-electron chi connectivity index (χ2n) is 4.36. The van der Waals surface area contributed by atoms with Gasteiger partial charge in [0.15, 0.2) is 5.41 Å². The van der Waals surface area contributed by atoms with Crippen molar-refractivity contribution in [2.45, 2.75) is 25.2 Å². The average molecular weight is 257 g/mol.